The summed E-state index contributed by atoms with van der Waals surface area (Å²) in [6, 6.07) is 5.56. The van der Waals surface area contributed by atoms with E-state index in [2.05, 4.69) is 35.1 Å². The van der Waals surface area contributed by atoms with E-state index in [-0.39, 0.29) is 11.4 Å². The third kappa shape index (κ3) is 2.79. The van der Waals surface area contributed by atoms with Crippen LogP contribution in [0, 0.1) is 5.82 Å². The molecule has 2 rings (SSSR count). The Morgan fingerprint density at radius 2 is 2.25 bits per heavy atom. The van der Waals surface area contributed by atoms with E-state index >= 15 is 0 Å². The zero-order valence-corrected chi connectivity index (χ0v) is 11.8. The summed E-state index contributed by atoms with van der Waals surface area (Å²) in [5.74, 6) is 1.96. The zero-order valence-electron chi connectivity index (χ0n) is 9.39. The molecule has 0 aromatic heterocycles. The summed E-state index contributed by atoms with van der Waals surface area (Å²) in [5.41, 5.74) is 1.29. The van der Waals surface area contributed by atoms with Crippen molar-refractivity contribution in [1.29, 1.82) is 0 Å². The zero-order chi connectivity index (χ0) is 11.8. The number of thioether (sulfide) groups is 1. The van der Waals surface area contributed by atoms with Crippen LogP contribution >= 0.6 is 27.7 Å². The van der Waals surface area contributed by atoms with E-state index < -0.39 is 0 Å². The maximum absolute atomic E-state index is 13.1. The summed E-state index contributed by atoms with van der Waals surface area (Å²) in [4.78, 5) is 0. The molecular weight excluding hydrogens is 289 g/mol. The Hall–Kier alpha value is -0.0600. The summed E-state index contributed by atoms with van der Waals surface area (Å²) in [5, 5.41) is 3.59. The SMILES string of the molecule is CC1(C)CSCC(c2ccc(F)c(Br)c2)N1. The molecule has 0 bridgehead atoms. The first-order valence-electron chi connectivity index (χ1n) is 5.28. The maximum Gasteiger partial charge on any atom is 0.137 e. The van der Waals surface area contributed by atoms with Gasteiger partial charge in [0.05, 0.1) is 4.47 Å². The number of nitrogens with one attached hydrogen (secondary N) is 1. The van der Waals surface area contributed by atoms with Crippen LogP contribution in [0.25, 0.3) is 0 Å². The predicted octanol–water partition coefficient (Wildman–Crippen LogP) is 3.74. The molecule has 1 atom stereocenters. The fraction of sp³-hybridized carbons (Fsp3) is 0.500. The van der Waals surface area contributed by atoms with Gasteiger partial charge in [-0.25, -0.2) is 4.39 Å². The molecule has 0 amide bonds. The van der Waals surface area contributed by atoms with E-state index in [4.69, 9.17) is 0 Å². The molecule has 1 heterocycles. The second-order valence-electron chi connectivity index (χ2n) is 4.77. The first-order chi connectivity index (χ1) is 7.48. The molecule has 0 aliphatic carbocycles. The molecule has 1 aliphatic rings. The van der Waals surface area contributed by atoms with Gasteiger partial charge in [-0.05, 0) is 47.5 Å². The van der Waals surface area contributed by atoms with Crippen LogP contribution in [0.5, 0.6) is 0 Å². The molecule has 1 nitrogen and oxygen atoms in total. The van der Waals surface area contributed by atoms with Crippen LogP contribution in [0.2, 0.25) is 0 Å². The van der Waals surface area contributed by atoms with Crippen molar-refractivity contribution in [3.63, 3.8) is 0 Å². The number of benzene rings is 1. The van der Waals surface area contributed by atoms with E-state index in [1.807, 2.05) is 23.9 Å². The highest BCUT2D eigenvalue weighted by molar-refractivity contribution is 9.10. The van der Waals surface area contributed by atoms with Gasteiger partial charge in [0.25, 0.3) is 0 Å². The first-order valence-corrected chi connectivity index (χ1v) is 7.23. The van der Waals surface area contributed by atoms with E-state index in [0.29, 0.717) is 10.5 Å². The molecule has 1 N–H and O–H groups in total. The van der Waals surface area contributed by atoms with Crippen molar-refractivity contribution in [1.82, 2.24) is 5.32 Å². The predicted molar refractivity (Wildman–Crippen MR) is 71.4 cm³/mol. The van der Waals surface area contributed by atoms with Crippen molar-refractivity contribution >= 4 is 27.7 Å². The quantitative estimate of drug-likeness (QED) is 0.848. The van der Waals surface area contributed by atoms with Gasteiger partial charge in [-0.3, -0.25) is 0 Å². The first kappa shape index (κ1) is 12.4. The Labute approximate surface area is 108 Å². The lowest BCUT2D eigenvalue weighted by atomic mass is 10.0. The highest BCUT2D eigenvalue weighted by atomic mass is 79.9. The van der Waals surface area contributed by atoms with Crippen molar-refractivity contribution in [2.75, 3.05) is 11.5 Å². The van der Waals surface area contributed by atoms with Gasteiger partial charge in [0, 0.05) is 23.1 Å². The minimum absolute atomic E-state index is 0.147. The number of rotatable bonds is 1. The molecular formula is C12H15BrFNS. The molecule has 1 unspecified atom stereocenters. The lowest BCUT2D eigenvalue weighted by Gasteiger charge is -2.37. The molecule has 4 heteroatoms. The molecule has 1 saturated heterocycles. The Kier molecular flexibility index (Phi) is 3.62. The number of hydrogen-bond donors (Lipinski definition) is 1. The van der Waals surface area contributed by atoms with Gasteiger partial charge in [-0.1, -0.05) is 6.07 Å². The highest BCUT2D eigenvalue weighted by Gasteiger charge is 2.28. The summed E-state index contributed by atoms with van der Waals surface area (Å²) in [7, 11) is 0. The number of halogens is 2. The van der Waals surface area contributed by atoms with Gasteiger partial charge in [-0.15, -0.1) is 0 Å². The molecule has 1 aromatic carbocycles. The van der Waals surface area contributed by atoms with Crippen LogP contribution in [-0.4, -0.2) is 17.0 Å². The monoisotopic (exact) mass is 303 g/mol. The standard InChI is InChI=1S/C12H15BrFNS/c1-12(2)7-16-6-11(15-12)8-3-4-10(14)9(13)5-8/h3-5,11,15H,6-7H2,1-2H3. The smallest absolute Gasteiger partial charge is 0.137 e. The van der Waals surface area contributed by atoms with Crippen molar-refractivity contribution in [3.05, 3.63) is 34.1 Å². The average molecular weight is 304 g/mol. The lowest BCUT2D eigenvalue weighted by Crippen LogP contribution is -2.48. The molecule has 0 spiro atoms. The fourth-order valence-electron chi connectivity index (χ4n) is 1.90. The minimum atomic E-state index is -0.202. The molecule has 16 heavy (non-hydrogen) atoms. The summed E-state index contributed by atoms with van der Waals surface area (Å²) >= 11 is 5.17. The number of hydrogen-bond acceptors (Lipinski definition) is 2. The summed E-state index contributed by atoms with van der Waals surface area (Å²) in [6.07, 6.45) is 0. The Morgan fingerprint density at radius 3 is 2.88 bits per heavy atom. The van der Waals surface area contributed by atoms with Crippen LogP contribution in [0.15, 0.2) is 22.7 Å². The average Bonchev–Trinajstić information content (AvgIpc) is 2.20. The van der Waals surface area contributed by atoms with Crippen molar-refractivity contribution in [3.8, 4) is 0 Å². The summed E-state index contributed by atoms with van der Waals surface area (Å²) < 4.78 is 13.7. The third-order valence-corrected chi connectivity index (χ3v) is 4.76. The Balaban J connectivity index is 2.20. The van der Waals surface area contributed by atoms with Crippen LogP contribution in [-0.2, 0) is 0 Å². The molecule has 88 valence electrons. The fourth-order valence-corrected chi connectivity index (χ4v) is 3.52. The van der Waals surface area contributed by atoms with Crippen molar-refractivity contribution in [2.24, 2.45) is 0 Å². The lowest BCUT2D eigenvalue weighted by molar-refractivity contribution is 0.376. The minimum Gasteiger partial charge on any atom is -0.303 e. The van der Waals surface area contributed by atoms with Gasteiger partial charge in [0.1, 0.15) is 5.82 Å². The van der Waals surface area contributed by atoms with Gasteiger partial charge in [0.15, 0.2) is 0 Å². The molecule has 0 saturated carbocycles. The van der Waals surface area contributed by atoms with Crippen LogP contribution in [0.3, 0.4) is 0 Å². The second-order valence-corrected chi connectivity index (χ2v) is 6.65. The van der Waals surface area contributed by atoms with Crippen molar-refractivity contribution < 1.29 is 4.39 Å². The van der Waals surface area contributed by atoms with Crippen LogP contribution in [0.4, 0.5) is 4.39 Å². The molecule has 1 aliphatic heterocycles. The van der Waals surface area contributed by atoms with Crippen LogP contribution < -0.4 is 5.32 Å². The van der Waals surface area contributed by atoms with E-state index in [0.717, 1.165) is 17.1 Å². The summed E-state index contributed by atoms with van der Waals surface area (Å²) in [6.45, 7) is 4.40. The maximum atomic E-state index is 13.1. The highest BCUT2D eigenvalue weighted by Crippen LogP contribution is 2.30. The largest absolute Gasteiger partial charge is 0.303 e. The third-order valence-electron chi connectivity index (χ3n) is 2.66. The topological polar surface area (TPSA) is 12.0 Å². The van der Waals surface area contributed by atoms with E-state index in [9.17, 15) is 4.39 Å². The molecule has 1 fully saturated rings. The van der Waals surface area contributed by atoms with E-state index in [1.54, 1.807) is 0 Å². The Bertz CT molecular complexity index is 395. The van der Waals surface area contributed by atoms with E-state index in [1.165, 1.54) is 6.07 Å². The van der Waals surface area contributed by atoms with Gasteiger partial charge < -0.3 is 5.32 Å². The van der Waals surface area contributed by atoms with Crippen LogP contribution in [0.1, 0.15) is 25.5 Å². The molecule has 1 aromatic rings. The van der Waals surface area contributed by atoms with Crippen molar-refractivity contribution in [2.45, 2.75) is 25.4 Å². The van der Waals surface area contributed by atoms with Gasteiger partial charge in [-0.2, -0.15) is 11.8 Å². The normalized spacial score (nSPS) is 24.4. The second kappa shape index (κ2) is 4.67. The Morgan fingerprint density at radius 1 is 1.50 bits per heavy atom. The van der Waals surface area contributed by atoms with Gasteiger partial charge >= 0.3 is 0 Å². The van der Waals surface area contributed by atoms with Gasteiger partial charge in [0.2, 0.25) is 0 Å². The molecule has 0 radical (unpaired) electrons.